The van der Waals surface area contributed by atoms with Crippen molar-refractivity contribution in [3.8, 4) is 0 Å². The lowest BCUT2D eigenvalue weighted by Gasteiger charge is -2.03. The Hall–Kier alpha value is -0.150. The molecule has 0 saturated heterocycles. The maximum Gasteiger partial charge on any atom is 0.469 e. The maximum atomic E-state index is 10.1. The normalized spacial score (nSPS) is 13.8. The van der Waals surface area contributed by atoms with E-state index in [1.807, 2.05) is 0 Å². The summed E-state index contributed by atoms with van der Waals surface area (Å²) in [5.74, 6) is 0. The van der Waals surface area contributed by atoms with Gasteiger partial charge in [-0.1, -0.05) is 11.6 Å². The summed E-state index contributed by atoms with van der Waals surface area (Å²) >= 11 is 0. The Morgan fingerprint density at radius 2 is 2.20 bits per heavy atom. The second-order valence-corrected chi connectivity index (χ2v) is 3.14. The minimum atomic E-state index is -4.27. The summed E-state index contributed by atoms with van der Waals surface area (Å²) < 4.78 is 14.3. The van der Waals surface area contributed by atoms with Crippen molar-refractivity contribution < 1.29 is 18.9 Å². The van der Waals surface area contributed by atoms with Crippen LogP contribution in [0.2, 0.25) is 0 Å². The van der Waals surface area contributed by atoms with Gasteiger partial charge in [-0.05, 0) is 13.8 Å². The van der Waals surface area contributed by atoms with Gasteiger partial charge in [0.05, 0.1) is 6.61 Å². The largest absolute Gasteiger partial charge is 0.469 e. The molecule has 0 rings (SSSR count). The molecule has 0 unspecified atom stereocenters. The zero-order valence-electron chi connectivity index (χ0n) is 5.94. The summed E-state index contributed by atoms with van der Waals surface area (Å²) in [7, 11) is -4.27. The number of hydrogen-bond donors (Lipinski definition) is 2. The summed E-state index contributed by atoms with van der Waals surface area (Å²) in [5.41, 5.74) is 0.795. The Labute approximate surface area is 59.8 Å². The average molecular weight is 166 g/mol. The Bertz CT molecular complexity index is 168. The van der Waals surface area contributed by atoms with E-state index in [9.17, 15) is 4.57 Å². The molecule has 0 spiro atoms. The van der Waals surface area contributed by atoms with Crippen LogP contribution >= 0.6 is 7.82 Å². The smallest absolute Gasteiger partial charge is 0.303 e. The molecule has 0 heterocycles. The van der Waals surface area contributed by atoms with Crippen LogP contribution < -0.4 is 0 Å². The minimum absolute atomic E-state index is 0.0131. The number of hydrogen-bond acceptors (Lipinski definition) is 2. The van der Waals surface area contributed by atoms with E-state index in [2.05, 4.69) is 4.52 Å². The second kappa shape index (κ2) is 3.88. The van der Waals surface area contributed by atoms with E-state index >= 15 is 0 Å². The minimum Gasteiger partial charge on any atom is -0.303 e. The van der Waals surface area contributed by atoms with Crippen molar-refractivity contribution in [1.82, 2.24) is 0 Å². The topological polar surface area (TPSA) is 66.8 Å². The van der Waals surface area contributed by atoms with Gasteiger partial charge in [0.1, 0.15) is 0 Å². The van der Waals surface area contributed by atoms with Crippen LogP contribution in [0.15, 0.2) is 11.6 Å². The molecule has 0 saturated carbocycles. The van der Waals surface area contributed by atoms with Crippen molar-refractivity contribution >= 4 is 7.82 Å². The molecule has 0 aromatic heterocycles. The molecular weight excluding hydrogens is 155 g/mol. The summed E-state index contributed by atoms with van der Waals surface area (Å²) in [6.07, 6.45) is 1.73. The van der Waals surface area contributed by atoms with Crippen molar-refractivity contribution in [3.05, 3.63) is 11.6 Å². The average Bonchev–Trinajstić information content (AvgIpc) is 1.81. The van der Waals surface area contributed by atoms with E-state index in [1.54, 1.807) is 19.9 Å². The first-order valence-corrected chi connectivity index (χ1v) is 4.30. The lowest BCUT2D eigenvalue weighted by molar-refractivity contribution is 0.211. The molecule has 0 bridgehead atoms. The van der Waals surface area contributed by atoms with Gasteiger partial charge >= 0.3 is 7.82 Å². The van der Waals surface area contributed by atoms with Crippen LogP contribution in [-0.2, 0) is 9.09 Å². The fourth-order valence-electron chi connectivity index (χ4n) is 0.269. The molecule has 5 heteroatoms. The van der Waals surface area contributed by atoms with Crippen LogP contribution in [0.3, 0.4) is 0 Å². The van der Waals surface area contributed by atoms with Gasteiger partial charge in [0.25, 0.3) is 0 Å². The predicted octanol–water partition coefficient (Wildman–Crippen LogP) is 1.06. The first-order valence-electron chi connectivity index (χ1n) is 2.77. The molecule has 0 radical (unpaired) electrons. The second-order valence-electron chi connectivity index (χ2n) is 1.90. The van der Waals surface area contributed by atoms with E-state index in [1.165, 1.54) is 0 Å². The van der Waals surface area contributed by atoms with E-state index in [0.29, 0.717) is 0 Å². The Kier molecular flexibility index (Phi) is 3.83. The van der Waals surface area contributed by atoms with Crippen LogP contribution in [0.1, 0.15) is 13.8 Å². The third-order valence-corrected chi connectivity index (χ3v) is 1.42. The van der Waals surface area contributed by atoms with Gasteiger partial charge in [-0.25, -0.2) is 4.57 Å². The maximum absolute atomic E-state index is 10.1. The molecule has 0 aliphatic heterocycles. The third-order valence-electron chi connectivity index (χ3n) is 0.953. The Morgan fingerprint density at radius 1 is 1.70 bits per heavy atom. The molecule has 0 fully saturated rings. The molecular formula is C5H11O4P. The molecule has 60 valence electrons. The molecule has 0 aromatic rings. The van der Waals surface area contributed by atoms with Gasteiger partial charge in [0.15, 0.2) is 0 Å². The lowest BCUT2D eigenvalue weighted by atomic mass is 10.3. The van der Waals surface area contributed by atoms with Gasteiger partial charge in [-0.15, -0.1) is 0 Å². The van der Waals surface area contributed by atoms with Crippen LogP contribution in [0.25, 0.3) is 0 Å². The molecule has 0 aromatic carbocycles. The van der Waals surface area contributed by atoms with Crippen molar-refractivity contribution in [2.75, 3.05) is 6.61 Å². The van der Waals surface area contributed by atoms with E-state index in [4.69, 9.17) is 9.79 Å². The summed E-state index contributed by atoms with van der Waals surface area (Å²) in [6, 6.07) is 0. The highest BCUT2D eigenvalue weighted by Gasteiger charge is 2.12. The van der Waals surface area contributed by atoms with E-state index < -0.39 is 7.82 Å². The quantitative estimate of drug-likeness (QED) is 0.486. The SMILES string of the molecule is C/C=C(\C)COP(=O)(O)O. The van der Waals surface area contributed by atoms with Crippen molar-refractivity contribution in [2.45, 2.75) is 13.8 Å². The van der Waals surface area contributed by atoms with Gasteiger partial charge in [0.2, 0.25) is 0 Å². The zero-order valence-corrected chi connectivity index (χ0v) is 6.84. The van der Waals surface area contributed by atoms with Gasteiger partial charge < -0.3 is 9.79 Å². The summed E-state index contributed by atoms with van der Waals surface area (Å²) in [5, 5.41) is 0. The molecule has 0 atom stereocenters. The Balaban J connectivity index is 3.67. The molecule has 10 heavy (non-hydrogen) atoms. The number of rotatable bonds is 3. The highest BCUT2D eigenvalue weighted by Crippen LogP contribution is 2.35. The lowest BCUT2D eigenvalue weighted by Crippen LogP contribution is -1.92. The Morgan fingerprint density at radius 3 is 2.50 bits per heavy atom. The number of phosphoric acid groups is 1. The first-order chi connectivity index (χ1) is 4.45. The highest BCUT2D eigenvalue weighted by molar-refractivity contribution is 7.46. The standard InChI is InChI=1S/C5H11O4P/c1-3-5(2)4-9-10(6,7)8/h3H,4H2,1-2H3,(H2,6,7,8)/b5-3+. The van der Waals surface area contributed by atoms with Crippen LogP contribution in [-0.4, -0.2) is 16.4 Å². The van der Waals surface area contributed by atoms with E-state index in [0.717, 1.165) is 5.57 Å². The molecule has 0 aliphatic carbocycles. The van der Waals surface area contributed by atoms with Crippen molar-refractivity contribution in [2.24, 2.45) is 0 Å². The third kappa shape index (κ3) is 5.98. The molecule has 2 N–H and O–H groups in total. The fourth-order valence-corrected chi connectivity index (χ4v) is 0.641. The first kappa shape index (κ1) is 9.85. The number of allylic oxidation sites excluding steroid dienone is 1. The molecule has 0 aliphatic rings. The van der Waals surface area contributed by atoms with Crippen LogP contribution in [0.5, 0.6) is 0 Å². The van der Waals surface area contributed by atoms with Crippen molar-refractivity contribution in [1.29, 1.82) is 0 Å². The number of phosphoric ester groups is 1. The summed E-state index contributed by atoms with van der Waals surface area (Å²) in [6.45, 7) is 3.49. The van der Waals surface area contributed by atoms with Gasteiger partial charge in [-0.2, -0.15) is 0 Å². The monoisotopic (exact) mass is 166 g/mol. The zero-order chi connectivity index (χ0) is 8.20. The predicted molar refractivity (Wildman–Crippen MR) is 37.4 cm³/mol. The van der Waals surface area contributed by atoms with Crippen LogP contribution in [0, 0.1) is 0 Å². The highest BCUT2D eigenvalue weighted by atomic mass is 31.2. The summed E-state index contributed by atoms with van der Waals surface area (Å²) in [4.78, 5) is 16.4. The molecule has 0 amide bonds. The van der Waals surface area contributed by atoms with E-state index in [-0.39, 0.29) is 6.61 Å². The van der Waals surface area contributed by atoms with Gasteiger partial charge in [0, 0.05) is 0 Å². The van der Waals surface area contributed by atoms with Crippen LogP contribution in [0.4, 0.5) is 0 Å². The molecule has 4 nitrogen and oxygen atoms in total. The van der Waals surface area contributed by atoms with Crippen molar-refractivity contribution in [3.63, 3.8) is 0 Å². The van der Waals surface area contributed by atoms with Gasteiger partial charge in [-0.3, -0.25) is 4.52 Å². The fraction of sp³-hybridized carbons (Fsp3) is 0.600.